The lowest BCUT2D eigenvalue weighted by Crippen LogP contribution is -2.11. The molecule has 14 aromatic carbocycles. The molecule has 15 rings (SSSR count). The Balaban J connectivity index is 1.22. The Labute approximate surface area is 432 Å². The second-order valence-corrected chi connectivity index (χ2v) is 23.2. The minimum Gasteiger partial charge on any atom is -0.0622 e. The van der Waals surface area contributed by atoms with E-state index in [0.29, 0.717) is 0 Å². The first-order chi connectivity index (χ1) is 35.9. The fourth-order valence-corrected chi connectivity index (χ4v) is 13.0. The molecule has 0 heterocycles. The van der Waals surface area contributed by atoms with E-state index in [1.165, 1.54) is 164 Å². The fourth-order valence-electron chi connectivity index (χ4n) is 13.0. The molecule has 0 atom stereocenters. The van der Waals surface area contributed by atoms with E-state index in [1.807, 2.05) is 0 Å². The quantitative estimate of drug-likeness (QED) is 0.122. The Bertz CT molecular complexity index is 4690. The Morgan fingerprint density at radius 1 is 0.216 bits per heavy atom. The van der Waals surface area contributed by atoms with Crippen molar-refractivity contribution in [3.05, 3.63) is 230 Å². The molecular formula is C74H54. The molecule has 0 aromatic heterocycles. The van der Waals surface area contributed by atoms with Gasteiger partial charge in [-0.3, -0.25) is 0 Å². The number of benzene rings is 14. The molecule has 74 heavy (non-hydrogen) atoms. The molecule has 14 aromatic rings. The van der Waals surface area contributed by atoms with Crippen molar-refractivity contribution in [2.75, 3.05) is 0 Å². The van der Waals surface area contributed by atoms with Gasteiger partial charge in [0.25, 0.3) is 0 Å². The normalized spacial score (nSPS) is 12.7. The van der Waals surface area contributed by atoms with Gasteiger partial charge in [-0.25, -0.2) is 0 Å². The van der Waals surface area contributed by atoms with Crippen LogP contribution in [0.1, 0.15) is 52.7 Å². The van der Waals surface area contributed by atoms with Crippen molar-refractivity contribution >= 4 is 86.2 Å². The van der Waals surface area contributed by atoms with Crippen molar-refractivity contribution in [3.63, 3.8) is 0 Å². The predicted molar refractivity (Wildman–Crippen MR) is 321 cm³/mol. The predicted octanol–water partition coefficient (Wildman–Crippen LogP) is 21.3. The first-order valence-electron chi connectivity index (χ1n) is 26.4. The van der Waals surface area contributed by atoms with Crippen LogP contribution in [-0.4, -0.2) is 0 Å². The van der Waals surface area contributed by atoms with Crippen molar-refractivity contribution < 1.29 is 0 Å². The molecule has 0 N–H and O–H groups in total. The van der Waals surface area contributed by atoms with Gasteiger partial charge in [-0.05, 0) is 217 Å². The zero-order valence-corrected chi connectivity index (χ0v) is 42.8. The van der Waals surface area contributed by atoms with Crippen LogP contribution in [0.3, 0.4) is 0 Å². The summed E-state index contributed by atoms with van der Waals surface area (Å²) in [7, 11) is 0. The van der Waals surface area contributed by atoms with Gasteiger partial charge >= 0.3 is 0 Å². The molecule has 0 saturated heterocycles. The summed E-state index contributed by atoms with van der Waals surface area (Å²) in [5.74, 6) is 0. The lowest BCUT2D eigenvalue weighted by molar-refractivity contribution is 0.590. The Morgan fingerprint density at radius 2 is 0.635 bits per heavy atom. The van der Waals surface area contributed by atoms with Crippen molar-refractivity contribution in [1.82, 2.24) is 0 Å². The summed E-state index contributed by atoms with van der Waals surface area (Å²) < 4.78 is 0. The van der Waals surface area contributed by atoms with Gasteiger partial charge in [-0.2, -0.15) is 0 Å². The molecular weight excluding hydrogens is 889 g/mol. The average Bonchev–Trinajstić information content (AvgIpc) is 3.92. The van der Waals surface area contributed by atoms with E-state index in [0.717, 1.165) is 0 Å². The summed E-state index contributed by atoms with van der Waals surface area (Å²) in [6.07, 6.45) is 0. The maximum Gasteiger partial charge on any atom is -0.000718 e. The van der Waals surface area contributed by atoms with E-state index in [-0.39, 0.29) is 10.8 Å². The van der Waals surface area contributed by atoms with Crippen LogP contribution in [0.25, 0.3) is 153 Å². The lowest BCUT2D eigenvalue weighted by atomic mass is 9.77. The zero-order valence-electron chi connectivity index (χ0n) is 42.8. The van der Waals surface area contributed by atoms with Crippen LogP contribution in [-0.2, 0) is 10.8 Å². The molecule has 1 aliphatic rings. The van der Waals surface area contributed by atoms with Gasteiger partial charge in [-0.1, -0.05) is 217 Å². The highest BCUT2D eigenvalue weighted by Crippen LogP contribution is 2.61. The van der Waals surface area contributed by atoms with Gasteiger partial charge in [0.2, 0.25) is 0 Å². The minimum absolute atomic E-state index is 0.113. The van der Waals surface area contributed by atoms with Gasteiger partial charge in [0.05, 0.1) is 0 Å². The highest BCUT2D eigenvalue weighted by molar-refractivity contribution is 6.37. The number of fused-ring (bicyclic) bond motifs is 11. The molecule has 0 fully saturated rings. The Kier molecular flexibility index (Phi) is 9.00. The van der Waals surface area contributed by atoms with Crippen molar-refractivity contribution in [1.29, 1.82) is 0 Å². The molecule has 0 aliphatic heterocycles. The van der Waals surface area contributed by atoms with Crippen molar-refractivity contribution in [2.24, 2.45) is 0 Å². The van der Waals surface area contributed by atoms with Crippen molar-refractivity contribution in [3.8, 4) is 66.8 Å². The second kappa shape index (κ2) is 15.5. The molecule has 0 unspecified atom stereocenters. The van der Waals surface area contributed by atoms with E-state index < -0.39 is 0 Å². The summed E-state index contributed by atoms with van der Waals surface area (Å²) in [6, 6.07) is 84.0. The van der Waals surface area contributed by atoms with Crippen LogP contribution in [0, 0.1) is 0 Å². The Hall–Kier alpha value is -8.58. The summed E-state index contributed by atoms with van der Waals surface area (Å²) >= 11 is 0. The summed E-state index contributed by atoms with van der Waals surface area (Å²) in [6.45, 7) is 14.2. The van der Waals surface area contributed by atoms with Crippen LogP contribution in [0.2, 0.25) is 0 Å². The van der Waals surface area contributed by atoms with Crippen molar-refractivity contribution in [2.45, 2.75) is 52.4 Å². The number of hydrogen-bond donors (Lipinski definition) is 0. The van der Waals surface area contributed by atoms with Gasteiger partial charge in [-0.15, -0.1) is 0 Å². The lowest BCUT2D eigenvalue weighted by Gasteiger charge is -2.26. The smallest absolute Gasteiger partial charge is 0.000718 e. The third kappa shape index (κ3) is 6.34. The number of rotatable bonds is 4. The average molecular weight is 943 g/mol. The minimum atomic E-state index is -0.113. The van der Waals surface area contributed by atoms with E-state index in [4.69, 9.17) is 0 Å². The molecule has 0 bridgehead atoms. The standard InChI is InChI=1S/C74H54/c1-73(2,3)54-34-50(43-18-9-7-10-19-43)32-52(36-54)67-64-42-62-60-39-48-23-14-13-22-47(48)38-59(60)56-26-15-16-27-57(56)61(62)41-63(64)68(53-33-51(44-20-11-8-12-21-44)35-55(37-53)74(4,5)6)72-65-40-49-25-17-24-45-28-29-46-30-31-58(71(67)72)70(65)69(46)66(45)49/h7-42H,1-6H3. The maximum absolute atomic E-state index is 2.61. The van der Waals surface area contributed by atoms with Gasteiger partial charge in [0.15, 0.2) is 0 Å². The summed E-state index contributed by atoms with van der Waals surface area (Å²) in [5.41, 5.74) is 17.7. The van der Waals surface area contributed by atoms with Gasteiger partial charge < -0.3 is 0 Å². The summed E-state index contributed by atoms with van der Waals surface area (Å²) in [4.78, 5) is 0. The molecule has 0 radical (unpaired) electrons. The largest absolute Gasteiger partial charge is 0.0622 e. The third-order valence-corrected chi connectivity index (χ3v) is 16.7. The van der Waals surface area contributed by atoms with Crippen LogP contribution >= 0.6 is 0 Å². The molecule has 0 heteroatoms. The Morgan fingerprint density at radius 3 is 1.19 bits per heavy atom. The second-order valence-electron chi connectivity index (χ2n) is 23.2. The molecule has 0 nitrogen and oxygen atoms in total. The molecule has 0 amide bonds. The van der Waals surface area contributed by atoms with E-state index in [1.54, 1.807) is 0 Å². The third-order valence-electron chi connectivity index (χ3n) is 16.7. The SMILES string of the molecule is CC(C)(C)c1cc(-c2ccccc2)cc(-c2c3c(c(-c4cc(-c5ccccc5)cc(C(C)(C)C)c4)c4cc5c6cc7ccccc7cc6c6ccccc6c5cc24)-c2ccc4ccc5cccc6cc-3c2c4c56)c1. The van der Waals surface area contributed by atoms with Crippen LogP contribution in [0.4, 0.5) is 0 Å². The summed E-state index contributed by atoms with van der Waals surface area (Å²) in [5, 5.41) is 20.7. The molecule has 1 aliphatic carbocycles. The topological polar surface area (TPSA) is 0 Å². The maximum atomic E-state index is 2.61. The monoisotopic (exact) mass is 942 g/mol. The fraction of sp³-hybridized carbons (Fsp3) is 0.108. The van der Waals surface area contributed by atoms with E-state index >= 15 is 0 Å². The molecule has 350 valence electrons. The molecule has 0 saturated carbocycles. The van der Waals surface area contributed by atoms with Crippen LogP contribution < -0.4 is 0 Å². The first-order valence-corrected chi connectivity index (χ1v) is 26.4. The van der Waals surface area contributed by atoms with E-state index in [9.17, 15) is 0 Å². The highest BCUT2D eigenvalue weighted by Gasteiger charge is 2.34. The van der Waals surface area contributed by atoms with Gasteiger partial charge in [0.1, 0.15) is 0 Å². The van der Waals surface area contributed by atoms with Crippen LogP contribution in [0.15, 0.2) is 218 Å². The van der Waals surface area contributed by atoms with Gasteiger partial charge in [0, 0.05) is 0 Å². The molecule has 0 spiro atoms. The highest BCUT2D eigenvalue weighted by atomic mass is 14.4. The van der Waals surface area contributed by atoms with E-state index in [2.05, 4.69) is 260 Å². The van der Waals surface area contributed by atoms with Crippen LogP contribution in [0.5, 0.6) is 0 Å². The number of hydrogen-bond acceptors (Lipinski definition) is 0. The zero-order chi connectivity index (χ0) is 49.8. The first kappa shape index (κ1) is 43.0.